The van der Waals surface area contributed by atoms with Crippen molar-refractivity contribution in [2.45, 2.75) is 38.3 Å². The van der Waals surface area contributed by atoms with Crippen LogP contribution in [-0.2, 0) is 4.79 Å². The minimum atomic E-state index is -0.830. The fraction of sp³-hybridized carbons (Fsp3) is 0.667. The maximum absolute atomic E-state index is 12.7. The van der Waals surface area contributed by atoms with Crippen molar-refractivity contribution in [1.82, 2.24) is 14.8 Å². The third-order valence-corrected chi connectivity index (χ3v) is 5.09. The third kappa shape index (κ3) is 3.87. The molecule has 2 aliphatic heterocycles. The lowest BCUT2D eigenvalue weighted by Gasteiger charge is -2.38. The average molecular weight is 332 g/mol. The SMILES string of the molecule is CC(C)(O)C1CCCN1C(=O)CN1CCN(c2ccccn2)CC1. The monoisotopic (exact) mass is 332 g/mol. The Morgan fingerprint density at radius 1 is 1.25 bits per heavy atom. The summed E-state index contributed by atoms with van der Waals surface area (Å²) in [6.07, 6.45) is 3.69. The lowest BCUT2D eigenvalue weighted by atomic mass is 9.96. The van der Waals surface area contributed by atoms with Crippen molar-refractivity contribution in [2.75, 3.05) is 44.2 Å². The van der Waals surface area contributed by atoms with Crippen molar-refractivity contribution in [3.8, 4) is 0 Å². The Morgan fingerprint density at radius 3 is 2.62 bits per heavy atom. The Kier molecular flexibility index (Phi) is 5.06. The zero-order valence-corrected chi connectivity index (χ0v) is 14.7. The van der Waals surface area contributed by atoms with E-state index in [1.54, 1.807) is 13.8 Å². The molecular formula is C18H28N4O2. The molecule has 1 aromatic heterocycles. The maximum atomic E-state index is 12.7. The van der Waals surface area contributed by atoms with E-state index in [0.717, 1.165) is 51.4 Å². The zero-order valence-electron chi connectivity index (χ0n) is 14.7. The molecule has 6 nitrogen and oxygen atoms in total. The average Bonchev–Trinajstić information content (AvgIpc) is 3.06. The number of anilines is 1. The van der Waals surface area contributed by atoms with E-state index in [0.29, 0.717) is 6.54 Å². The number of hydrogen-bond donors (Lipinski definition) is 1. The van der Waals surface area contributed by atoms with E-state index in [-0.39, 0.29) is 11.9 Å². The van der Waals surface area contributed by atoms with E-state index in [1.165, 1.54) is 0 Å². The van der Waals surface area contributed by atoms with Crippen LogP contribution in [0.4, 0.5) is 5.82 Å². The number of likely N-dealkylation sites (tertiary alicyclic amines) is 1. The van der Waals surface area contributed by atoms with Crippen LogP contribution < -0.4 is 4.90 Å². The van der Waals surface area contributed by atoms with Crippen molar-refractivity contribution in [2.24, 2.45) is 0 Å². The first-order valence-electron chi connectivity index (χ1n) is 8.85. The van der Waals surface area contributed by atoms with Gasteiger partial charge in [-0.2, -0.15) is 0 Å². The molecule has 1 atom stereocenters. The smallest absolute Gasteiger partial charge is 0.237 e. The molecule has 3 heterocycles. The molecular weight excluding hydrogens is 304 g/mol. The second-order valence-corrected chi connectivity index (χ2v) is 7.35. The minimum Gasteiger partial charge on any atom is -0.388 e. The van der Waals surface area contributed by atoms with Crippen LogP contribution in [0.15, 0.2) is 24.4 Å². The summed E-state index contributed by atoms with van der Waals surface area (Å²) in [7, 11) is 0. The molecule has 1 amide bonds. The summed E-state index contributed by atoms with van der Waals surface area (Å²) in [6.45, 7) is 8.32. The molecule has 0 aliphatic carbocycles. The number of aromatic nitrogens is 1. The number of rotatable bonds is 4. The van der Waals surface area contributed by atoms with Gasteiger partial charge in [0.15, 0.2) is 0 Å². The van der Waals surface area contributed by atoms with Gasteiger partial charge in [-0.15, -0.1) is 0 Å². The molecule has 132 valence electrons. The number of aliphatic hydroxyl groups is 1. The Balaban J connectivity index is 1.52. The molecule has 6 heteroatoms. The third-order valence-electron chi connectivity index (χ3n) is 5.09. The second kappa shape index (κ2) is 7.07. The van der Waals surface area contributed by atoms with Gasteiger partial charge in [0.2, 0.25) is 5.91 Å². The van der Waals surface area contributed by atoms with Gasteiger partial charge < -0.3 is 14.9 Å². The molecule has 3 rings (SSSR count). The van der Waals surface area contributed by atoms with Gasteiger partial charge in [-0.05, 0) is 38.8 Å². The predicted molar refractivity (Wildman–Crippen MR) is 93.9 cm³/mol. The van der Waals surface area contributed by atoms with Crippen LogP contribution in [0.2, 0.25) is 0 Å². The van der Waals surface area contributed by atoms with Crippen molar-refractivity contribution in [1.29, 1.82) is 0 Å². The van der Waals surface area contributed by atoms with E-state index in [1.807, 2.05) is 29.3 Å². The van der Waals surface area contributed by atoms with Crippen LogP contribution in [0, 0.1) is 0 Å². The Hall–Kier alpha value is -1.66. The van der Waals surface area contributed by atoms with Gasteiger partial charge in [0, 0.05) is 38.9 Å². The number of carbonyl (C=O) groups excluding carboxylic acids is 1. The number of nitrogens with zero attached hydrogens (tertiary/aromatic N) is 4. The van der Waals surface area contributed by atoms with E-state index in [9.17, 15) is 9.90 Å². The summed E-state index contributed by atoms with van der Waals surface area (Å²) in [5, 5.41) is 10.3. The number of piperazine rings is 1. The molecule has 0 bridgehead atoms. The zero-order chi connectivity index (χ0) is 17.2. The molecule has 0 aromatic carbocycles. The van der Waals surface area contributed by atoms with Crippen LogP contribution >= 0.6 is 0 Å². The normalized spacial score (nSPS) is 22.9. The second-order valence-electron chi connectivity index (χ2n) is 7.35. The standard InChI is InChI=1S/C18H28N4O2/c1-18(2,24)15-6-5-9-22(15)17(23)14-20-10-12-21(13-11-20)16-7-3-4-8-19-16/h3-4,7-8,15,24H,5-6,9-14H2,1-2H3. The van der Waals surface area contributed by atoms with Crippen molar-refractivity contribution < 1.29 is 9.90 Å². The number of hydrogen-bond acceptors (Lipinski definition) is 5. The molecule has 24 heavy (non-hydrogen) atoms. The van der Waals surface area contributed by atoms with Crippen LogP contribution in [0.25, 0.3) is 0 Å². The largest absolute Gasteiger partial charge is 0.388 e. The van der Waals surface area contributed by atoms with Crippen LogP contribution in [0.1, 0.15) is 26.7 Å². The van der Waals surface area contributed by atoms with Gasteiger partial charge in [-0.25, -0.2) is 4.98 Å². The van der Waals surface area contributed by atoms with Crippen LogP contribution in [-0.4, -0.2) is 76.7 Å². The molecule has 2 aliphatic rings. The first-order valence-corrected chi connectivity index (χ1v) is 8.85. The number of pyridine rings is 1. The Bertz CT molecular complexity index is 550. The van der Waals surface area contributed by atoms with E-state index in [4.69, 9.17) is 0 Å². The Labute approximate surface area is 144 Å². The summed E-state index contributed by atoms with van der Waals surface area (Å²) >= 11 is 0. The molecule has 0 saturated carbocycles. The van der Waals surface area contributed by atoms with Crippen molar-refractivity contribution >= 4 is 11.7 Å². The lowest BCUT2D eigenvalue weighted by molar-refractivity contribution is -0.137. The highest BCUT2D eigenvalue weighted by Gasteiger charge is 2.38. The highest BCUT2D eigenvalue weighted by Crippen LogP contribution is 2.27. The molecule has 1 aromatic rings. The quantitative estimate of drug-likeness (QED) is 0.890. The fourth-order valence-corrected chi connectivity index (χ4v) is 3.76. The minimum absolute atomic E-state index is 0.0557. The molecule has 1 unspecified atom stereocenters. The summed E-state index contributed by atoms with van der Waals surface area (Å²) < 4.78 is 0. The van der Waals surface area contributed by atoms with Gasteiger partial charge in [0.25, 0.3) is 0 Å². The van der Waals surface area contributed by atoms with E-state index in [2.05, 4.69) is 14.8 Å². The maximum Gasteiger partial charge on any atom is 0.237 e. The topological polar surface area (TPSA) is 59.9 Å². The van der Waals surface area contributed by atoms with E-state index < -0.39 is 5.60 Å². The van der Waals surface area contributed by atoms with Gasteiger partial charge in [0.1, 0.15) is 5.82 Å². The Morgan fingerprint density at radius 2 is 2.00 bits per heavy atom. The molecule has 0 spiro atoms. The van der Waals surface area contributed by atoms with Gasteiger partial charge in [-0.3, -0.25) is 9.69 Å². The van der Waals surface area contributed by atoms with Crippen molar-refractivity contribution in [3.05, 3.63) is 24.4 Å². The molecule has 0 radical (unpaired) electrons. The van der Waals surface area contributed by atoms with Crippen LogP contribution in [0.3, 0.4) is 0 Å². The highest BCUT2D eigenvalue weighted by atomic mass is 16.3. The predicted octanol–water partition coefficient (Wildman–Crippen LogP) is 0.965. The summed E-state index contributed by atoms with van der Waals surface area (Å²) in [6, 6.07) is 5.90. The van der Waals surface area contributed by atoms with Gasteiger partial charge in [0.05, 0.1) is 18.2 Å². The molecule has 1 N–H and O–H groups in total. The van der Waals surface area contributed by atoms with E-state index >= 15 is 0 Å². The first kappa shape index (κ1) is 17.2. The van der Waals surface area contributed by atoms with Gasteiger partial charge >= 0.3 is 0 Å². The first-order chi connectivity index (χ1) is 11.4. The fourth-order valence-electron chi connectivity index (χ4n) is 3.76. The highest BCUT2D eigenvalue weighted by molar-refractivity contribution is 5.79. The number of carbonyl (C=O) groups is 1. The number of amides is 1. The molecule has 2 saturated heterocycles. The molecule has 2 fully saturated rings. The summed E-state index contributed by atoms with van der Waals surface area (Å²) in [5.74, 6) is 1.15. The lowest BCUT2D eigenvalue weighted by Crippen LogP contribution is -2.53. The summed E-state index contributed by atoms with van der Waals surface area (Å²) in [4.78, 5) is 23.4. The summed E-state index contributed by atoms with van der Waals surface area (Å²) in [5.41, 5.74) is -0.830. The van der Waals surface area contributed by atoms with Gasteiger partial charge in [-0.1, -0.05) is 6.07 Å². The van der Waals surface area contributed by atoms with Crippen LogP contribution in [0.5, 0.6) is 0 Å². The van der Waals surface area contributed by atoms with Crippen molar-refractivity contribution in [3.63, 3.8) is 0 Å².